The molecule has 0 spiro atoms. The zero-order valence-electron chi connectivity index (χ0n) is 6.06. The summed E-state index contributed by atoms with van der Waals surface area (Å²) in [6.07, 6.45) is 2.23. The molecule has 2 unspecified atom stereocenters. The lowest BCUT2D eigenvalue weighted by Gasteiger charge is -2.17. The first-order valence-electron chi connectivity index (χ1n) is 3.65. The van der Waals surface area contributed by atoms with E-state index in [1.165, 1.54) is 0 Å². The first-order chi connectivity index (χ1) is 5.20. The van der Waals surface area contributed by atoms with E-state index in [0.29, 0.717) is 13.0 Å². The normalized spacial score (nSPS) is 33.8. The minimum absolute atomic E-state index is 0.0188. The molecule has 1 fully saturated rings. The fourth-order valence-corrected chi connectivity index (χ4v) is 1.71. The third kappa shape index (κ3) is 2.88. The summed E-state index contributed by atoms with van der Waals surface area (Å²) < 4.78 is 4.81. The van der Waals surface area contributed by atoms with Crippen molar-refractivity contribution in [2.75, 3.05) is 6.61 Å². The quantitative estimate of drug-likeness (QED) is 0.438. The third-order valence-electron chi connectivity index (χ3n) is 1.62. The van der Waals surface area contributed by atoms with Crippen molar-refractivity contribution in [2.24, 2.45) is 0 Å². The number of carbonyl (C=O) groups is 1. The first-order valence-corrected chi connectivity index (χ1v) is 4.52. The highest BCUT2D eigenvalue weighted by Crippen LogP contribution is 2.19. The van der Waals surface area contributed by atoms with E-state index >= 15 is 0 Å². The van der Waals surface area contributed by atoms with Crippen molar-refractivity contribution in [3.8, 4) is 0 Å². The average molecular weight is 197 g/mol. The topological polar surface area (TPSA) is 26.3 Å². The van der Waals surface area contributed by atoms with Crippen LogP contribution in [0.5, 0.6) is 0 Å². The first kappa shape index (κ1) is 9.14. The van der Waals surface area contributed by atoms with Crippen LogP contribution < -0.4 is 0 Å². The van der Waals surface area contributed by atoms with Crippen molar-refractivity contribution in [1.29, 1.82) is 0 Å². The zero-order valence-corrected chi connectivity index (χ0v) is 7.57. The second kappa shape index (κ2) is 4.17. The van der Waals surface area contributed by atoms with Gasteiger partial charge in [-0.05, 0) is 19.3 Å². The van der Waals surface area contributed by atoms with Gasteiger partial charge < -0.3 is 4.74 Å². The van der Waals surface area contributed by atoms with Crippen molar-refractivity contribution in [2.45, 2.75) is 30.0 Å². The van der Waals surface area contributed by atoms with E-state index in [1.54, 1.807) is 0 Å². The summed E-state index contributed by atoms with van der Waals surface area (Å²) in [7, 11) is 0. The van der Waals surface area contributed by atoms with Gasteiger partial charge in [-0.2, -0.15) is 0 Å². The average Bonchev–Trinajstić information content (AvgIpc) is 1.95. The van der Waals surface area contributed by atoms with E-state index in [-0.39, 0.29) is 11.3 Å². The fourth-order valence-electron chi connectivity index (χ4n) is 1.01. The number of halogens is 2. The molecule has 0 saturated carbocycles. The second-order valence-electron chi connectivity index (χ2n) is 2.61. The summed E-state index contributed by atoms with van der Waals surface area (Å²) in [4.78, 5) is 10.9. The van der Waals surface area contributed by atoms with E-state index in [4.69, 9.17) is 27.9 Å². The Kier molecular flexibility index (Phi) is 3.46. The Labute approximate surface area is 75.8 Å². The van der Waals surface area contributed by atoms with Gasteiger partial charge in [0, 0.05) is 5.38 Å². The van der Waals surface area contributed by atoms with Gasteiger partial charge in [-0.3, -0.25) is 4.79 Å². The molecule has 4 heteroatoms. The van der Waals surface area contributed by atoms with Crippen molar-refractivity contribution in [3.05, 3.63) is 0 Å². The van der Waals surface area contributed by atoms with Crippen LogP contribution in [0.1, 0.15) is 19.3 Å². The molecule has 1 heterocycles. The summed E-state index contributed by atoms with van der Waals surface area (Å²) in [5.41, 5.74) is 0. The van der Waals surface area contributed by atoms with Gasteiger partial charge in [-0.15, -0.1) is 23.2 Å². The lowest BCUT2D eigenvalue weighted by Crippen LogP contribution is -2.24. The van der Waals surface area contributed by atoms with Crippen LogP contribution in [0.4, 0.5) is 0 Å². The molecule has 11 heavy (non-hydrogen) atoms. The fraction of sp³-hybridized carbons (Fsp3) is 0.857. The lowest BCUT2D eigenvalue weighted by atomic mass is 10.1. The number of ether oxygens (including phenoxy) is 1. The van der Waals surface area contributed by atoms with E-state index in [0.717, 1.165) is 12.8 Å². The van der Waals surface area contributed by atoms with Crippen LogP contribution in [-0.2, 0) is 9.53 Å². The van der Waals surface area contributed by atoms with E-state index in [2.05, 4.69) is 0 Å². The van der Waals surface area contributed by atoms with E-state index < -0.39 is 5.38 Å². The molecule has 0 bridgehead atoms. The second-order valence-corrected chi connectivity index (χ2v) is 3.75. The Bertz CT molecular complexity index is 149. The molecule has 0 aromatic rings. The number of carbonyl (C=O) groups excluding carboxylic acids is 1. The molecule has 1 rings (SSSR count). The summed E-state index contributed by atoms with van der Waals surface area (Å²) in [6.45, 7) is 0.450. The molecule has 0 radical (unpaired) electrons. The van der Waals surface area contributed by atoms with Gasteiger partial charge in [0.25, 0.3) is 0 Å². The number of rotatable bonds is 0. The molecule has 0 N–H and O–H groups in total. The predicted octanol–water partition coefficient (Wildman–Crippen LogP) is 1.93. The maximum atomic E-state index is 10.9. The van der Waals surface area contributed by atoms with Gasteiger partial charge in [-0.25, -0.2) is 0 Å². The molecule has 1 aliphatic rings. The summed E-state index contributed by atoms with van der Waals surface area (Å²) in [5.74, 6) is -0.336. The van der Waals surface area contributed by atoms with Crippen LogP contribution in [0.3, 0.4) is 0 Å². The number of hydrogen-bond donors (Lipinski definition) is 0. The van der Waals surface area contributed by atoms with Crippen molar-refractivity contribution in [3.63, 3.8) is 0 Å². The van der Waals surface area contributed by atoms with Crippen LogP contribution >= 0.6 is 23.2 Å². The summed E-state index contributed by atoms with van der Waals surface area (Å²) in [5, 5.41) is -0.539. The van der Waals surface area contributed by atoms with Crippen LogP contribution in [0.2, 0.25) is 0 Å². The van der Waals surface area contributed by atoms with Gasteiger partial charge in [0.05, 0.1) is 6.61 Å². The van der Waals surface area contributed by atoms with Gasteiger partial charge >= 0.3 is 5.97 Å². The zero-order chi connectivity index (χ0) is 8.27. The highest BCUT2D eigenvalue weighted by Gasteiger charge is 2.22. The van der Waals surface area contributed by atoms with Crippen LogP contribution in [0.25, 0.3) is 0 Å². The molecule has 0 aromatic heterocycles. The maximum Gasteiger partial charge on any atom is 0.324 e. The monoisotopic (exact) mass is 196 g/mol. The molecular weight excluding hydrogens is 187 g/mol. The minimum Gasteiger partial charge on any atom is -0.465 e. The highest BCUT2D eigenvalue weighted by atomic mass is 35.5. The molecule has 0 aliphatic carbocycles. The summed E-state index contributed by atoms with van der Waals surface area (Å²) in [6, 6.07) is 0. The SMILES string of the molecule is O=C1OCCCC(Cl)CC1Cl. The van der Waals surface area contributed by atoms with Gasteiger partial charge in [-0.1, -0.05) is 0 Å². The molecule has 0 amide bonds. The smallest absolute Gasteiger partial charge is 0.324 e. The Morgan fingerprint density at radius 2 is 2.18 bits per heavy atom. The highest BCUT2D eigenvalue weighted by molar-refractivity contribution is 6.30. The molecule has 0 aromatic carbocycles. The molecule has 2 nitrogen and oxygen atoms in total. The minimum atomic E-state index is -0.558. The molecular formula is C7H10Cl2O2. The Morgan fingerprint density at radius 3 is 2.91 bits per heavy atom. The van der Waals surface area contributed by atoms with Crippen molar-refractivity contribution >= 4 is 29.2 Å². The molecule has 2 atom stereocenters. The van der Waals surface area contributed by atoms with E-state index in [1.807, 2.05) is 0 Å². The molecule has 1 saturated heterocycles. The van der Waals surface area contributed by atoms with E-state index in [9.17, 15) is 4.79 Å². The van der Waals surface area contributed by atoms with Crippen molar-refractivity contribution < 1.29 is 9.53 Å². The van der Waals surface area contributed by atoms with Crippen molar-refractivity contribution in [1.82, 2.24) is 0 Å². The third-order valence-corrected chi connectivity index (χ3v) is 2.38. The largest absolute Gasteiger partial charge is 0.465 e. The molecule has 64 valence electrons. The number of esters is 1. The summed E-state index contributed by atoms with van der Waals surface area (Å²) >= 11 is 11.5. The van der Waals surface area contributed by atoms with Gasteiger partial charge in [0.15, 0.2) is 0 Å². The number of hydrogen-bond acceptors (Lipinski definition) is 2. The number of cyclic esters (lactones) is 1. The van der Waals surface area contributed by atoms with Gasteiger partial charge in [0.1, 0.15) is 5.38 Å². The predicted molar refractivity (Wildman–Crippen MR) is 44.1 cm³/mol. The lowest BCUT2D eigenvalue weighted by molar-refractivity contribution is -0.144. The Balaban J connectivity index is 2.45. The Morgan fingerprint density at radius 1 is 1.45 bits per heavy atom. The van der Waals surface area contributed by atoms with Gasteiger partial charge in [0.2, 0.25) is 0 Å². The Hall–Kier alpha value is 0.0500. The number of alkyl halides is 2. The van der Waals surface area contributed by atoms with Crippen LogP contribution in [-0.4, -0.2) is 23.3 Å². The standard InChI is InChI=1S/C7H10Cl2O2/c8-5-2-1-3-11-7(10)6(9)4-5/h5-6H,1-4H2. The van der Waals surface area contributed by atoms with Crippen LogP contribution in [0.15, 0.2) is 0 Å². The van der Waals surface area contributed by atoms with Crippen LogP contribution in [0, 0.1) is 0 Å². The molecule has 1 aliphatic heterocycles. The maximum absolute atomic E-state index is 10.9.